The maximum atomic E-state index is 4.39. The average Bonchev–Trinajstić information content (AvgIpc) is 3.00. The lowest BCUT2D eigenvalue weighted by atomic mass is 10.3. The Kier molecular flexibility index (Phi) is 4.96. The van der Waals surface area contributed by atoms with Gasteiger partial charge in [0.2, 0.25) is 0 Å². The van der Waals surface area contributed by atoms with Crippen molar-refractivity contribution in [2.45, 2.75) is 46.3 Å². The van der Waals surface area contributed by atoms with E-state index in [1.54, 1.807) is 0 Å². The molecule has 0 radical (unpaired) electrons. The van der Waals surface area contributed by atoms with Crippen molar-refractivity contribution in [2.75, 3.05) is 0 Å². The molecule has 0 fully saturated rings. The molecular weight excluding hydrogens is 242 g/mol. The topological polar surface area (TPSA) is 29.9 Å². The Morgan fingerprint density at radius 2 is 2.06 bits per heavy atom. The summed E-state index contributed by atoms with van der Waals surface area (Å²) in [4.78, 5) is 7.25. The van der Waals surface area contributed by atoms with Crippen LogP contribution in [0, 0.1) is 0 Å². The van der Waals surface area contributed by atoms with Gasteiger partial charge in [-0.3, -0.25) is 0 Å². The zero-order valence-corrected chi connectivity index (χ0v) is 12.0. The summed E-state index contributed by atoms with van der Waals surface area (Å²) in [5.74, 6) is 1.13. The average molecular weight is 263 g/mol. The molecule has 0 amide bonds. The molecule has 0 bridgehead atoms. The molecule has 2 rings (SSSR count). The van der Waals surface area contributed by atoms with Crippen molar-refractivity contribution in [2.24, 2.45) is 0 Å². The first kappa shape index (κ1) is 13.3. The second-order valence-electron chi connectivity index (χ2n) is 4.36. The van der Waals surface area contributed by atoms with Gasteiger partial charge in [0.25, 0.3) is 0 Å². The van der Waals surface area contributed by atoms with Crippen LogP contribution in [0.2, 0.25) is 0 Å². The van der Waals surface area contributed by atoms with Crippen LogP contribution in [0.5, 0.6) is 0 Å². The van der Waals surface area contributed by atoms with E-state index in [2.05, 4.69) is 47.0 Å². The van der Waals surface area contributed by atoms with Crippen molar-refractivity contribution in [3.05, 3.63) is 40.1 Å². The van der Waals surface area contributed by atoms with Gasteiger partial charge in [0.05, 0.1) is 6.54 Å². The first-order valence-corrected chi connectivity index (χ1v) is 7.43. The molecule has 0 saturated heterocycles. The van der Waals surface area contributed by atoms with Crippen LogP contribution in [0.3, 0.4) is 0 Å². The van der Waals surface area contributed by atoms with Gasteiger partial charge in [-0.15, -0.1) is 11.3 Å². The Morgan fingerprint density at radius 3 is 2.78 bits per heavy atom. The predicted octanol–water partition coefficient (Wildman–Crippen LogP) is 3.21. The molecule has 0 aromatic carbocycles. The normalized spacial score (nSPS) is 11.0. The first-order chi connectivity index (χ1) is 8.83. The fraction of sp³-hybridized carbons (Fsp3) is 0.500. The largest absolute Gasteiger partial charge is 0.334 e. The molecule has 2 heterocycles. The number of hydrogen-bond donors (Lipinski definition) is 1. The summed E-state index contributed by atoms with van der Waals surface area (Å²) in [6.45, 7) is 7.21. The Bertz CT molecular complexity index is 473. The van der Waals surface area contributed by atoms with Crippen molar-refractivity contribution in [1.29, 1.82) is 0 Å². The van der Waals surface area contributed by atoms with Gasteiger partial charge in [-0.05, 0) is 25.0 Å². The van der Waals surface area contributed by atoms with Crippen LogP contribution in [0.1, 0.15) is 35.8 Å². The van der Waals surface area contributed by atoms with Crippen molar-refractivity contribution in [3.8, 4) is 0 Å². The van der Waals surface area contributed by atoms with E-state index in [9.17, 15) is 0 Å². The second-order valence-corrected chi connectivity index (χ2v) is 5.61. The van der Waals surface area contributed by atoms with Gasteiger partial charge in [-0.1, -0.05) is 13.8 Å². The SMILES string of the molecule is CCCn1ccnc1CNCc1ccc(CC)s1. The van der Waals surface area contributed by atoms with Gasteiger partial charge in [0.1, 0.15) is 5.82 Å². The predicted molar refractivity (Wildman–Crippen MR) is 76.8 cm³/mol. The highest BCUT2D eigenvalue weighted by Gasteiger charge is 2.02. The monoisotopic (exact) mass is 263 g/mol. The summed E-state index contributed by atoms with van der Waals surface area (Å²) in [7, 11) is 0. The molecular formula is C14H21N3S. The molecule has 3 nitrogen and oxygen atoms in total. The molecule has 2 aromatic rings. The molecule has 0 spiro atoms. The van der Waals surface area contributed by atoms with Crippen molar-refractivity contribution in [1.82, 2.24) is 14.9 Å². The third-order valence-corrected chi connectivity index (χ3v) is 4.14. The fourth-order valence-corrected chi connectivity index (χ4v) is 2.88. The highest BCUT2D eigenvalue weighted by molar-refractivity contribution is 7.11. The number of imidazole rings is 1. The number of rotatable bonds is 7. The van der Waals surface area contributed by atoms with Crippen LogP contribution in [0.4, 0.5) is 0 Å². The minimum atomic E-state index is 0.840. The Hall–Kier alpha value is -1.13. The summed E-state index contributed by atoms with van der Waals surface area (Å²) in [6, 6.07) is 4.44. The standard InChI is InChI=1S/C14H21N3S/c1-3-8-17-9-7-16-14(17)11-15-10-13-6-5-12(4-2)18-13/h5-7,9,15H,3-4,8,10-11H2,1-2H3. The number of aromatic nitrogens is 2. The van der Waals surface area contributed by atoms with E-state index in [-0.39, 0.29) is 0 Å². The second kappa shape index (κ2) is 6.71. The maximum Gasteiger partial charge on any atom is 0.122 e. The summed E-state index contributed by atoms with van der Waals surface area (Å²) in [5, 5.41) is 3.47. The van der Waals surface area contributed by atoms with E-state index < -0.39 is 0 Å². The van der Waals surface area contributed by atoms with Crippen LogP contribution in [-0.2, 0) is 26.1 Å². The van der Waals surface area contributed by atoms with E-state index in [1.165, 1.54) is 9.75 Å². The molecule has 2 aromatic heterocycles. The van der Waals surface area contributed by atoms with Crippen molar-refractivity contribution < 1.29 is 0 Å². The summed E-state index contributed by atoms with van der Waals surface area (Å²) >= 11 is 1.89. The highest BCUT2D eigenvalue weighted by atomic mass is 32.1. The number of hydrogen-bond acceptors (Lipinski definition) is 3. The molecule has 0 saturated carbocycles. The molecule has 98 valence electrons. The number of thiophene rings is 1. The Labute approximate surface area is 113 Å². The molecule has 0 aliphatic rings. The highest BCUT2D eigenvalue weighted by Crippen LogP contribution is 2.16. The molecule has 4 heteroatoms. The number of nitrogens with one attached hydrogen (secondary N) is 1. The van der Waals surface area contributed by atoms with Gasteiger partial charge < -0.3 is 9.88 Å². The third kappa shape index (κ3) is 3.43. The fourth-order valence-electron chi connectivity index (χ4n) is 1.96. The van der Waals surface area contributed by atoms with Gasteiger partial charge in [0.15, 0.2) is 0 Å². The number of aryl methyl sites for hydroxylation is 2. The Morgan fingerprint density at radius 1 is 1.22 bits per heavy atom. The number of nitrogens with zero attached hydrogens (tertiary/aromatic N) is 2. The summed E-state index contributed by atoms with van der Waals surface area (Å²) < 4.78 is 2.22. The van der Waals surface area contributed by atoms with E-state index in [0.717, 1.165) is 38.3 Å². The van der Waals surface area contributed by atoms with E-state index in [4.69, 9.17) is 0 Å². The third-order valence-electron chi connectivity index (χ3n) is 2.91. The van der Waals surface area contributed by atoms with E-state index >= 15 is 0 Å². The maximum absolute atomic E-state index is 4.39. The lowest BCUT2D eigenvalue weighted by Gasteiger charge is -2.06. The van der Waals surface area contributed by atoms with E-state index in [0.29, 0.717) is 0 Å². The first-order valence-electron chi connectivity index (χ1n) is 6.61. The molecule has 0 unspecified atom stereocenters. The van der Waals surface area contributed by atoms with Gasteiger partial charge >= 0.3 is 0 Å². The van der Waals surface area contributed by atoms with Crippen LogP contribution >= 0.6 is 11.3 Å². The van der Waals surface area contributed by atoms with E-state index in [1.807, 2.05) is 17.5 Å². The molecule has 0 aliphatic heterocycles. The summed E-state index contributed by atoms with van der Waals surface area (Å²) in [6.07, 6.45) is 6.22. The Balaban J connectivity index is 1.82. The summed E-state index contributed by atoms with van der Waals surface area (Å²) in [5.41, 5.74) is 0. The minimum absolute atomic E-state index is 0.840. The minimum Gasteiger partial charge on any atom is -0.334 e. The molecule has 18 heavy (non-hydrogen) atoms. The zero-order valence-electron chi connectivity index (χ0n) is 11.1. The lowest BCUT2D eigenvalue weighted by Crippen LogP contribution is -2.16. The van der Waals surface area contributed by atoms with Gasteiger partial charge in [-0.25, -0.2) is 4.98 Å². The zero-order chi connectivity index (χ0) is 12.8. The quantitative estimate of drug-likeness (QED) is 0.831. The molecule has 0 atom stereocenters. The van der Waals surface area contributed by atoms with Gasteiger partial charge in [0, 0.05) is 35.2 Å². The molecule has 0 aliphatic carbocycles. The smallest absolute Gasteiger partial charge is 0.122 e. The lowest BCUT2D eigenvalue weighted by molar-refractivity contribution is 0.590. The molecule has 1 N–H and O–H groups in total. The van der Waals surface area contributed by atoms with Crippen LogP contribution in [0.25, 0.3) is 0 Å². The van der Waals surface area contributed by atoms with Crippen molar-refractivity contribution >= 4 is 11.3 Å². The van der Waals surface area contributed by atoms with Crippen molar-refractivity contribution in [3.63, 3.8) is 0 Å². The van der Waals surface area contributed by atoms with Gasteiger partial charge in [-0.2, -0.15) is 0 Å². The van der Waals surface area contributed by atoms with Crippen LogP contribution in [0.15, 0.2) is 24.5 Å². The van der Waals surface area contributed by atoms with Crippen LogP contribution < -0.4 is 5.32 Å². The van der Waals surface area contributed by atoms with Crippen LogP contribution in [-0.4, -0.2) is 9.55 Å².